The van der Waals surface area contributed by atoms with E-state index in [2.05, 4.69) is 111 Å². The predicted molar refractivity (Wildman–Crippen MR) is 251 cm³/mol. The van der Waals surface area contributed by atoms with E-state index in [0.717, 1.165) is 96.3 Å². The van der Waals surface area contributed by atoms with Gasteiger partial charge in [0.1, 0.15) is 6.61 Å². The van der Waals surface area contributed by atoms with Gasteiger partial charge in [-0.05, 0) is 96.3 Å². The van der Waals surface area contributed by atoms with Crippen molar-refractivity contribution < 1.29 is 24.2 Å². The Labute approximate surface area is 358 Å². The van der Waals surface area contributed by atoms with Gasteiger partial charge in [0.25, 0.3) is 0 Å². The van der Waals surface area contributed by atoms with Gasteiger partial charge in [-0.25, -0.2) is 0 Å². The van der Waals surface area contributed by atoms with E-state index in [9.17, 15) is 14.7 Å². The summed E-state index contributed by atoms with van der Waals surface area (Å²) >= 11 is 0. The molecule has 330 valence electrons. The summed E-state index contributed by atoms with van der Waals surface area (Å²) in [6.07, 6.45) is 67.6. The van der Waals surface area contributed by atoms with Crippen LogP contribution in [-0.4, -0.2) is 36.4 Å². The van der Waals surface area contributed by atoms with Crippen LogP contribution in [0, 0.1) is 0 Å². The van der Waals surface area contributed by atoms with Crippen LogP contribution in [0.4, 0.5) is 0 Å². The summed E-state index contributed by atoms with van der Waals surface area (Å²) in [6, 6.07) is 0. The topological polar surface area (TPSA) is 72.8 Å². The minimum Gasteiger partial charge on any atom is -0.462 e. The summed E-state index contributed by atoms with van der Waals surface area (Å²) in [5, 5.41) is 9.61. The molecule has 0 bridgehead atoms. The van der Waals surface area contributed by atoms with Crippen molar-refractivity contribution in [3.8, 4) is 0 Å². The number of ether oxygens (including phenoxy) is 2. The zero-order valence-corrected chi connectivity index (χ0v) is 37.5. The van der Waals surface area contributed by atoms with Gasteiger partial charge in [-0.3, -0.25) is 9.59 Å². The maximum Gasteiger partial charge on any atom is 0.306 e. The summed E-state index contributed by atoms with van der Waals surface area (Å²) in [4.78, 5) is 24.4. The summed E-state index contributed by atoms with van der Waals surface area (Å²) in [7, 11) is 0. The summed E-state index contributed by atoms with van der Waals surface area (Å²) in [6.45, 7) is 3.98. The van der Waals surface area contributed by atoms with Crippen molar-refractivity contribution in [2.24, 2.45) is 0 Å². The lowest BCUT2D eigenvalue weighted by Gasteiger charge is -2.15. The number of rotatable bonds is 42. The first-order valence-corrected chi connectivity index (χ1v) is 23.8. The Balaban J connectivity index is 3.60. The molecule has 0 amide bonds. The third kappa shape index (κ3) is 45.5. The molecule has 0 aliphatic heterocycles. The molecular weight excluding hydrogens is 717 g/mol. The van der Waals surface area contributed by atoms with E-state index in [1.165, 1.54) is 83.5 Å². The Morgan fingerprint density at radius 3 is 1.12 bits per heavy atom. The Bertz CT molecular complexity index is 1140. The van der Waals surface area contributed by atoms with Gasteiger partial charge in [0.05, 0.1) is 6.61 Å². The van der Waals surface area contributed by atoms with Crippen molar-refractivity contribution in [2.45, 2.75) is 213 Å². The van der Waals surface area contributed by atoms with Gasteiger partial charge in [0.15, 0.2) is 6.10 Å². The number of unbranched alkanes of at least 4 members (excludes halogenated alkanes) is 18. The normalized spacial score (nSPS) is 13.1. The molecule has 5 nitrogen and oxygen atoms in total. The van der Waals surface area contributed by atoms with E-state index in [4.69, 9.17) is 9.47 Å². The average molecular weight is 805 g/mol. The smallest absolute Gasteiger partial charge is 0.306 e. The van der Waals surface area contributed by atoms with Gasteiger partial charge in [0, 0.05) is 12.8 Å². The number of hydrogen-bond donors (Lipinski definition) is 1. The van der Waals surface area contributed by atoms with Gasteiger partial charge in [0.2, 0.25) is 0 Å². The van der Waals surface area contributed by atoms with E-state index in [-0.39, 0.29) is 25.2 Å². The number of allylic oxidation sites excluding steroid dienone is 16. The average Bonchev–Trinajstić information content (AvgIpc) is 3.23. The number of carbonyl (C=O) groups is 2. The second-order valence-corrected chi connectivity index (χ2v) is 15.4. The highest BCUT2D eigenvalue weighted by molar-refractivity contribution is 5.70. The van der Waals surface area contributed by atoms with Crippen LogP contribution in [-0.2, 0) is 19.1 Å². The lowest BCUT2D eigenvalue weighted by Crippen LogP contribution is -2.28. The highest BCUT2D eigenvalue weighted by Gasteiger charge is 2.16. The SMILES string of the molecule is CC/C=C\C/C=C\C/C=C\C/C=C\C/C=C\C/C=C\CCCCCCCCCCC(=O)OC(CO)COC(=O)CCCCCCCCC/C=C\C/C=C\CCCCC. The zero-order valence-electron chi connectivity index (χ0n) is 37.5. The maximum atomic E-state index is 12.2. The van der Waals surface area contributed by atoms with Crippen LogP contribution in [0.1, 0.15) is 206 Å². The van der Waals surface area contributed by atoms with E-state index < -0.39 is 6.10 Å². The second-order valence-electron chi connectivity index (χ2n) is 15.4. The molecule has 0 aliphatic rings. The lowest BCUT2D eigenvalue weighted by molar-refractivity contribution is -0.161. The molecule has 58 heavy (non-hydrogen) atoms. The van der Waals surface area contributed by atoms with Crippen molar-refractivity contribution in [2.75, 3.05) is 13.2 Å². The number of aliphatic hydroxyl groups is 1. The molecule has 0 aliphatic carbocycles. The Kier molecular flexibility index (Phi) is 45.5. The molecule has 1 N–H and O–H groups in total. The van der Waals surface area contributed by atoms with E-state index in [1.54, 1.807) is 0 Å². The Morgan fingerprint density at radius 2 is 0.741 bits per heavy atom. The largest absolute Gasteiger partial charge is 0.462 e. The van der Waals surface area contributed by atoms with Crippen LogP contribution in [0.15, 0.2) is 97.2 Å². The van der Waals surface area contributed by atoms with Gasteiger partial charge in [-0.2, -0.15) is 0 Å². The number of hydrogen-bond acceptors (Lipinski definition) is 5. The minimum atomic E-state index is -0.786. The monoisotopic (exact) mass is 805 g/mol. The van der Waals surface area contributed by atoms with Crippen LogP contribution in [0.3, 0.4) is 0 Å². The van der Waals surface area contributed by atoms with Gasteiger partial charge < -0.3 is 14.6 Å². The number of aliphatic hydroxyl groups excluding tert-OH is 1. The Hall–Kier alpha value is -3.18. The van der Waals surface area contributed by atoms with E-state index >= 15 is 0 Å². The highest BCUT2D eigenvalue weighted by atomic mass is 16.6. The van der Waals surface area contributed by atoms with Crippen molar-refractivity contribution >= 4 is 11.9 Å². The molecular formula is C53H88O5. The molecule has 5 heteroatoms. The molecule has 0 fully saturated rings. The summed E-state index contributed by atoms with van der Waals surface area (Å²) in [5.74, 6) is -0.614. The van der Waals surface area contributed by atoms with Crippen LogP contribution in [0.2, 0.25) is 0 Å². The molecule has 1 atom stereocenters. The third-order valence-electron chi connectivity index (χ3n) is 9.86. The first kappa shape index (κ1) is 54.8. The number of esters is 2. The quantitative estimate of drug-likeness (QED) is 0.0378. The fraction of sp³-hybridized carbons (Fsp3) is 0.660. The van der Waals surface area contributed by atoms with Crippen LogP contribution in [0.5, 0.6) is 0 Å². The Morgan fingerprint density at radius 1 is 0.414 bits per heavy atom. The van der Waals surface area contributed by atoms with Crippen molar-refractivity contribution in [3.05, 3.63) is 97.2 Å². The van der Waals surface area contributed by atoms with Gasteiger partial charge in [-0.1, -0.05) is 195 Å². The fourth-order valence-corrected chi connectivity index (χ4v) is 6.29. The first-order valence-electron chi connectivity index (χ1n) is 23.8. The molecule has 0 saturated carbocycles. The molecule has 0 rings (SSSR count). The standard InChI is InChI=1S/C53H88O5/c1-3-5-7-9-11-13-15-17-19-21-22-23-24-25-26-27-28-29-30-32-34-36-38-40-42-44-46-48-53(56)58-51(49-54)50-57-52(55)47-45-43-41-39-37-35-33-31-20-18-16-14-12-10-8-6-4-2/h5,7,11-14,17-20,22-23,25-26,28-29,51,54H,3-4,6,8-10,15-16,21,24,27,30-50H2,1-2H3/b7-5-,13-11-,14-12-,19-17-,20-18-,23-22-,26-25-,29-28-. The lowest BCUT2D eigenvalue weighted by atomic mass is 10.1. The van der Waals surface area contributed by atoms with Crippen molar-refractivity contribution in [1.82, 2.24) is 0 Å². The molecule has 0 saturated heterocycles. The van der Waals surface area contributed by atoms with Crippen LogP contribution >= 0.6 is 0 Å². The third-order valence-corrected chi connectivity index (χ3v) is 9.86. The van der Waals surface area contributed by atoms with Crippen LogP contribution < -0.4 is 0 Å². The van der Waals surface area contributed by atoms with E-state index in [1.807, 2.05) is 0 Å². The molecule has 0 spiro atoms. The molecule has 0 aromatic rings. The van der Waals surface area contributed by atoms with Crippen LogP contribution in [0.25, 0.3) is 0 Å². The van der Waals surface area contributed by atoms with Crippen molar-refractivity contribution in [3.63, 3.8) is 0 Å². The van der Waals surface area contributed by atoms with Gasteiger partial charge in [-0.15, -0.1) is 0 Å². The molecule has 0 aromatic carbocycles. The highest BCUT2D eigenvalue weighted by Crippen LogP contribution is 2.13. The molecule has 0 radical (unpaired) electrons. The minimum absolute atomic E-state index is 0.0785. The fourth-order valence-electron chi connectivity index (χ4n) is 6.29. The summed E-state index contributed by atoms with van der Waals surface area (Å²) in [5.41, 5.74) is 0. The van der Waals surface area contributed by atoms with Crippen molar-refractivity contribution in [1.29, 1.82) is 0 Å². The first-order chi connectivity index (χ1) is 28.6. The maximum absolute atomic E-state index is 12.2. The zero-order chi connectivity index (χ0) is 42.1. The molecule has 0 aromatic heterocycles. The second kappa shape index (κ2) is 48.2. The predicted octanol–water partition coefficient (Wildman–Crippen LogP) is 15.6. The van der Waals surface area contributed by atoms with Gasteiger partial charge >= 0.3 is 11.9 Å². The number of carbonyl (C=O) groups excluding carboxylic acids is 2. The summed E-state index contributed by atoms with van der Waals surface area (Å²) < 4.78 is 10.6. The molecule has 1 unspecified atom stereocenters. The van der Waals surface area contributed by atoms with E-state index in [0.29, 0.717) is 12.8 Å². The molecule has 0 heterocycles.